The number of hydrogen-bond acceptors (Lipinski definition) is 4. The summed E-state index contributed by atoms with van der Waals surface area (Å²) in [6, 6.07) is 0. The second-order valence-electron chi connectivity index (χ2n) is 4.77. The SMILES string of the molecule is CCNCc1n[nH]c(C)c1S(=O)(=O)NCC(C)CC. The van der Waals surface area contributed by atoms with E-state index >= 15 is 0 Å². The first kappa shape index (κ1) is 16.1. The monoisotopic (exact) mass is 288 g/mol. The van der Waals surface area contributed by atoms with Crippen molar-refractivity contribution in [1.82, 2.24) is 20.2 Å². The molecule has 0 amide bonds. The lowest BCUT2D eigenvalue weighted by molar-refractivity contribution is 0.527. The van der Waals surface area contributed by atoms with Gasteiger partial charge in [-0.15, -0.1) is 0 Å². The molecule has 0 aliphatic carbocycles. The zero-order valence-corrected chi connectivity index (χ0v) is 12.9. The fraction of sp³-hybridized carbons (Fsp3) is 0.750. The zero-order chi connectivity index (χ0) is 14.5. The summed E-state index contributed by atoms with van der Waals surface area (Å²) < 4.78 is 27.3. The molecule has 1 heterocycles. The van der Waals surface area contributed by atoms with Crippen LogP contribution in [0.5, 0.6) is 0 Å². The minimum atomic E-state index is -3.50. The second kappa shape index (κ2) is 7.02. The third-order valence-corrected chi connectivity index (χ3v) is 4.72. The lowest BCUT2D eigenvalue weighted by Crippen LogP contribution is -2.29. The van der Waals surface area contributed by atoms with E-state index in [0.29, 0.717) is 30.4 Å². The number of aryl methyl sites for hydroxylation is 1. The molecule has 6 nitrogen and oxygen atoms in total. The summed E-state index contributed by atoms with van der Waals surface area (Å²) in [6.07, 6.45) is 0.942. The van der Waals surface area contributed by atoms with Gasteiger partial charge in [0.05, 0.1) is 11.4 Å². The Labute approximate surface area is 115 Å². The maximum Gasteiger partial charge on any atom is 0.244 e. The van der Waals surface area contributed by atoms with Crippen LogP contribution in [0.25, 0.3) is 0 Å². The molecule has 0 fully saturated rings. The highest BCUT2D eigenvalue weighted by atomic mass is 32.2. The largest absolute Gasteiger partial charge is 0.311 e. The van der Waals surface area contributed by atoms with E-state index in [1.807, 2.05) is 20.8 Å². The summed E-state index contributed by atoms with van der Waals surface area (Å²) in [4.78, 5) is 0.275. The molecule has 0 saturated heterocycles. The fourth-order valence-corrected chi connectivity index (χ4v) is 3.18. The number of aromatic nitrogens is 2. The molecule has 0 aliphatic rings. The predicted octanol–water partition coefficient (Wildman–Crippen LogP) is 1.15. The van der Waals surface area contributed by atoms with Crippen molar-refractivity contribution in [1.29, 1.82) is 0 Å². The van der Waals surface area contributed by atoms with Crippen molar-refractivity contribution in [2.24, 2.45) is 5.92 Å². The van der Waals surface area contributed by atoms with Crippen molar-refractivity contribution in [2.45, 2.75) is 45.6 Å². The van der Waals surface area contributed by atoms with E-state index in [1.165, 1.54) is 0 Å². The van der Waals surface area contributed by atoms with Crippen LogP contribution >= 0.6 is 0 Å². The smallest absolute Gasteiger partial charge is 0.244 e. The summed E-state index contributed by atoms with van der Waals surface area (Å²) in [6.45, 7) is 9.41. The van der Waals surface area contributed by atoms with Crippen molar-refractivity contribution in [3.05, 3.63) is 11.4 Å². The molecule has 1 aromatic rings. The molecule has 7 heteroatoms. The molecular weight excluding hydrogens is 264 g/mol. The van der Waals surface area contributed by atoms with Crippen molar-refractivity contribution in [2.75, 3.05) is 13.1 Å². The Morgan fingerprint density at radius 1 is 1.37 bits per heavy atom. The first-order chi connectivity index (χ1) is 8.92. The van der Waals surface area contributed by atoms with Gasteiger partial charge in [-0.3, -0.25) is 5.10 Å². The fourth-order valence-electron chi connectivity index (χ4n) is 1.66. The molecule has 1 rings (SSSR count). The highest BCUT2D eigenvalue weighted by Crippen LogP contribution is 2.17. The van der Waals surface area contributed by atoms with E-state index in [0.717, 1.165) is 13.0 Å². The molecule has 0 aromatic carbocycles. The number of hydrogen-bond donors (Lipinski definition) is 3. The number of sulfonamides is 1. The van der Waals surface area contributed by atoms with Crippen molar-refractivity contribution in [3.63, 3.8) is 0 Å². The van der Waals surface area contributed by atoms with E-state index in [2.05, 4.69) is 20.2 Å². The molecule has 1 aromatic heterocycles. The standard InChI is InChI=1S/C12H24N4O2S/c1-5-9(3)7-14-19(17,18)12-10(4)15-16-11(12)8-13-6-2/h9,13-14H,5-8H2,1-4H3,(H,15,16). The van der Waals surface area contributed by atoms with Crippen molar-refractivity contribution < 1.29 is 8.42 Å². The van der Waals surface area contributed by atoms with Crippen LogP contribution in [0.4, 0.5) is 0 Å². The minimum absolute atomic E-state index is 0.275. The van der Waals surface area contributed by atoms with Crippen LogP contribution in [0.15, 0.2) is 4.90 Å². The van der Waals surface area contributed by atoms with Gasteiger partial charge in [0, 0.05) is 13.1 Å². The van der Waals surface area contributed by atoms with Gasteiger partial charge < -0.3 is 5.32 Å². The normalized spacial score (nSPS) is 13.7. The molecule has 1 unspecified atom stereocenters. The maximum atomic E-state index is 12.3. The molecular formula is C12H24N4O2S. The van der Waals surface area contributed by atoms with Crippen LogP contribution in [-0.2, 0) is 16.6 Å². The Balaban J connectivity index is 2.90. The molecule has 3 N–H and O–H groups in total. The third-order valence-electron chi connectivity index (χ3n) is 3.09. The average Bonchev–Trinajstić information content (AvgIpc) is 2.75. The molecule has 0 aliphatic heterocycles. The first-order valence-electron chi connectivity index (χ1n) is 6.66. The van der Waals surface area contributed by atoms with Gasteiger partial charge in [0.1, 0.15) is 4.90 Å². The van der Waals surface area contributed by atoms with Gasteiger partial charge in [-0.05, 0) is 19.4 Å². The molecule has 0 saturated carbocycles. The van der Waals surface area contributed by atoms with Crippen LogP contribution in [0.3, 0.4) is 0 Å². The number of H-pyrrole nitrogens is 1. The van der Waals surface area contributed by atoms with Crippen LogP contribution in [0, 0.1) is 12.8 Å². The van der Waals surface area contributed by atoms with Gasteiger partial charge in [-0.2, -0.15) is 5.10 Å². The van der Waals surface area contributed by atoms with E-state index < -0.39 is 10.0 Å². The number of nitrogens with one attached hydrogen (secondary N) is 3. The van der Waals surface area contributed by atoms with Crippen LogP contribution in [0.1, 0.15) is 38.6 Å². The Bertz CT molecular complexity index is 496. The van der Waals surface area contributed by atoms with Gasteiger partial charge >= 0.3 is 0 Å². The average molecular weight is 288 g/mol. The highest BCUT2D eigenvalue weighted by Gasteiger charge is 2.24. The first-order valence-corrected chi connectivity index (χ1v) is 8.14. The zero-order valence-electron chi connectivity index (χ0n) is 12.1. The van der Waals surface area contributed by atoms with Gasteiger partial charge in [0.15, 0.2) is 0 Å². The molecule has 0 radical (unpaired) electrons. The van der Waals surface area contributed by atoms with E-state index in [4.69, 9.17) is 0 Å². The van der Waals surface area contributed by atoms with Gasteiger partial charge in [-0.1, -0.05) is 27.2 Å². The Hall–Kier alpha value is -0.920. The second-order valence-corrected chi connectivity index (χ2v) is 6.47. The Kier molecular flexibility index (Phi) is 5.96. The lowest BCUT2D eigenvalue weighted by atomic mass is 10.1. The number of aromatic amines is 1. The molecule has 110 valence electrons. The van der Waals surface area contributed by atoms with Crippen LogP contribution in [-0.4, -0.2) is 31.7 Å². The summed E-state index contributed by atoms with van der Waals surface area (Å²) in [5, 5.41) is 9.90. The third kappa shape index (κ3) is 4.29. The van der Waals surface area contributed by atoms with Crippen LogP contribution < -0.4 is 10.0 Å². The van der Waals surface area contributed by atoms with Crippen molar-refractivity contribution in [3.8, 4) is 0 Å². The van der Waals surface area contributed by atoms with Gasteiger partial charge in [-0.25, -0.2) is 13.1 Å². The number of rotatable bonds is 8. The van der Waals surface area contributed by atoms with Gasteiger partial charge in [0.2, 0.25) is 10.0 Å². The predicted molar refractivity (Wildman–Crippen MR) is 75.3 cm³/mol. The molecule has 1 atom stereocenters. The van der Waals surface area contributed by atoms with E-state index in [1.54, 1.807) is 6.92 Å². The molecule has 0 spiro atoms. The van der Waals surface area contributed by atoms with Crippen molar-refractivity contribution >= 4 is 10.0 Å². The maximum absolute atomic E-state index is 12.3. The topological polar surface area (TPSA) is 86.9 Å². The quantitative estimate of drug-likeness (QED) is 0.670. The summed E-state index contributed by atoms with van der Waals surface area (Å²) >= 11 is 0. The summed E-state index contributed by atoms with van der Waals surface area (Å²) in [7, 11) is -3.50. The highest BCUT2D eigenvalue weighted by molar-refractivity contribution is 7.89. The molecule has 19 heavy (non-hydrogen) atoms. The minimum Gasteiger partial charge on any atom is -0.311 e. The Morgan fingerprint density at radius 3 is 2.63 bits per heavy atom. The summed E-state index contributed by atoms with van der Waals surface area (Å²) in [5.74, 6) is 0.319. The van der Waals surface area contributed by atoms with Gasteiger partial charge in [0.25, 0.3) is 0 Å². The van der Waals surface area contributed by atoms with E-state index in [9.17, 15) is 8.42 Å². The number of nitrogens with zero attached hydrogens (tertiary/aromatic N) is 1. The molecule has 0 bridgehead atoms. The lowest BCUT2D eigenvalue weighted by Gasteiger charge is -2.11. The Morgan fingerprint density at radius 2 is 2.05 bits per heavy atom. The summed E-state index contributed by atoms with van der Waals surface area (Å²) in [5.41, 5.74) is 1.11. The van der Waals surface area contributed by atoms with Crippen LogP contribution in [0.2, 0.25) is 0 Å². The van der Waals surface area contributed by atoms with E-state index in [-0.39, 0.29) is 4.90 Å².